The number of aromatic nitrogens is 1. The molecule has 0 atom stereocenters. The van der Waals surface area contributed by atoms with Crippen LogP contribution >= 0.6 is 11.3 Å². The van der Waals surface area contributed by atoms with Crippen LogP contribution in [0.4, 0.5) is 0 Å². The molecule has 17 heavy (non-hydrogen) atoms. The number of methoxy groups -OCH3 is 1. The van der Waals surface area contributed by atoms with Crippen LogP contribution in [0.25, 0.3) is 10.6 Å². The van der Waals surface area contributed by atoms with E-state index in [0.717, 1.165) is 10.7 Å². The molecule has 2 nitrogen and oxygen atoms in total. The van der Waals surface area contributed by atoms with Crippen molar-refractivity contribution in [2.75, 3.05) is 7.11 Å². The summed E-state index contributed by atoms with van der Waals surface area (Å²) in [6.45, 7) is 6.93. The van der Waals surface area contributed by atoms with Gasteiger partial charge in [0.1, 0.15) is 5.01 Å². The Kier molecular flexibility index (Phi) is 3.60. The topological polar surface area (TPSA) is 22.1 Å². The molecule has 0 radical (unpaired) electrons. The van der Waals surface area contributed by atoms with E-state index in [2.05, 4.69) is 37.0 Å². The average molecular weight is 247 g/mol. The molecule has 0 aliphatic rings. The fraction of sp³-hybridized carbons (Fsp3) is 0.357. The van der Waals surface area contributed by atoms with Crippen molar-refractivity contribution in [3.63, 3.8) is 0 Å². The Morgan fingerprint density at radius 1 is 1.24 bits per heavy atom. The Balaban J connectivity index is 2.42. The average Bonchev–Trinajstić information content (AvgIpc) is 2.60. The third-order valence-corrected chi connectivity index (χ3v) is 3.94. The smallest absolute Gasteiger partial charge is 0.124 e. The Morgan fingerprint density at radius 2 is 2.00 bits per heavy atom. The summed E-state index contributed by atoms with van der Waals surface area (Å²) in [6, 6.07) is 6.48. The van der Waals surface area contributed by atoms with Crippen LogP contribution in [0.1, 0.15) is 21.7 Å². The van der Waals surface area contributed by atoms with E-state index in [1.54, 1.807) is 18.4 Å². The van der Waals surface area contributed by atoms with Crippen molar-refractivity contribution in [1.29, 1.82) is 0 Å². The summed E-state index contributed by atoms with van der Waals surface area (Å²) < 4.78 is 5.18. The number of benzene rings is 1. The van der Waals surface area contributed by atoms with Crippen LogP contribution in [0.5, 0.6) is 0 Å². The van der Waals surface area contributed by atoms with Crippen LogP contribution in [0.2, 0.25) is 0 Å². The zero-order valence-corrected chi connectivity index (χ0v) is 11.5. The monoisotopic (exact) mass is 247 g/mol. The third kappa shape index (κ3) is 2.56. The molecule has 0 fully saturated rings. The number of nitrogens with zero attached hydrogens (tertiary/aromatic N) is 1. The van der Waals surface area contributed by atoms with Crippen LogP contribution in [0.15, 0.2) is 18.2 Å². The molecule has 2 rings (SSSR count). The highest BCUT2D eigenvalue weighted by Crippen LogP contribution is 2.30. The number of hydrogen-bond donors (Lipinski definition) is 0. The second kappa shape index (κ2) is 4.98. The van der Waals surface area contributed by atoms with Gasteiger partial charge in [0.05, 0.1) is 17.2 Å². The van der Waals surface area contributed by atoms with E-state index in [0.29, 0.717) is 6.61 Å². The first-order valence-corrected chi connectivity index (χ1v) is 6.46. The summed E-state index contributed by atoms with van der Waals surface area (Å²) >= 11 is 1.72. The summed E-state index contributed by atoms with van der Waals surface area (Å²) in [7, 11) is 1.72. The second-order valence-electron chi connectivity index (χ2n) is 4.28. The number of ether oxygens (including phenoxy) is 1. The molecule has 0 bridgehead atoms. The lowest BCUT2D eigenvalue weighted by Crippen LogP contribution is -1.85. The van der Waals surface area contributed by atoms with E-state index in [9.17, 15) is 0 Å². The molecule has 0 saturated carbocycles. The van der Waals surface area contributed by atoms with Gasteiger partial charge in [-0.2, -0.15) is 0 Å². The number of rotatable bonds is 3. The van der Waals surface area contributed by atoms with Crippen LogP contribution in [-0.4, -0.2) is 12.1 Å². The molecule has 3 heteroatoms. The molecule has 1 aromatic carbocycles. The zero-order valence-electron chi connectivity index (χ0n) is 10.7. The van der Waals surface area contributed by atoms with Gasteiger partial charge in [-0.3, -0.25) is 0 Å². The minimum absolute atomic E-state index is 0.647. The highest BCUT2D eigenvalue weighted by molar-refractivity contribution is 7.15. The minimum Gasteiger partial charge on any atom is -0.379 e. The van der Waals surface area contributed by atoms with E-state index in [-0.39, 0.29) is 0 Å². The van der Waals surface area contributed by atoms with E-state index in [4.69, 9.17) is 4.74 Å². The molecule has 0 aliphatic heterocycles. The Hall–Kier alpha value is -1.19. The van der Waals surface area contributed by atoms with Gasteiger partial charge in [-0.05, 0) is 26.3 Å². The molecule has 0 amide bonds. The Labute approximate surface area is 106 Å². The van der Waals surface area contributed by atoms with Crippen LogP contribution in [-0.2, 0) is 11.3 Å². The first-order valence-electron chi connectivity index (χ1n) is 5.64. The minimum atomic E-state index is 0.647. The lowest BCUT2D eigenvalue weighted by atomic mass is 10.1. The van der Waals surface area contributed by atoms with Crippen LogP contribution < -0.4 is 0 Å². The van der Waals surface area contributed by atoms with Gasteiger partial charge in [-0.1, -0.05) is 23.8 Å². The number of aryl methyl sites for hydroxylation is 3. The summed E-state index contributed by atoms with van der Waals surface area (Å²) in [5.74, 6) is 0. The third-order valence-electron chi connectivity index (χ3n) is 2.78. The molecule has 0 saturated heterocycles. The predicted molar refractivity (Wildman–Crippen MR) is 72.5 cm³/mol. The van der Waals surface area contributed by atoms with Gasteiger partial charge in [0.2, 0.25) is 0 Å². The Morgan fingerprint density at radius 3 is 2.65 bits per heavy atom. The van der Waals surface area contributed by atoms with Crippen molar-refractivity contribution < 1.29 is 4.74 Å². The molecule has 0 aliphatic carbocycles. The van der Waals surface area contributed by atoms with Gasteiger partial charge in [0.25, 0.3) is 0 Å². The van der Waals surface area contributed by atoms with Crippen molar-refractivity contribution in [3.8, 4) is 10.6 Å². The van der Waals surface area contributed by atoms with E-state index >= 15 is 0 Å². The standard InChI is InChI=1S/C14H17NOS/c1-9-5-6-12(10(2)7-9)14-15-11(3)13(17-14)8-16-4/h5-7H,8H2,1-4H3. The lowest BCUT2D eigenvalue weighted by Gasteiger charge is -2.02. The summed E-state index contributed by atoms with van der Waals surface area (Å²) in [5, 5.41) is 1.09. The van der Waals surface area contributed by atoms with Crippen molar-refractivity contribution in [2.45, 2.75) is 27.4 Å². The predicted octanol–water partition coefficient (Wildman–Crippen LogP) is 3.88. The molecule has 90 valence electrons. The summed E-state index contributed by atoms with van der Waals surface area (Å²) in [6.07, 6.45) is 0. The van der Waals surface area contributed by atoms with Crippen molar-refractivity contribution in [2.24, 2.45) is 0 Å². The van der Waals surface area contributed by atoms with Gasteiger partial charge >= 0.3 is 0 Å². The van der Waals surface area contributed by atoms with E-state index < -0.39 is 0 Å². The zero-order chi connectivity index (χ0) is 12.4. The van der Waals surface area contributed by atoms with Crippen molar-refractivity contribution in [1.82, 2.24) is 4.98 Å². The SMILES string of the molecule is COCc1sc(-c2ccc(C)cc2C)nc1C. The molecule has 0 unspecified atom stereocenters. The molecular weight excluding hydrogens is 230 g/mol. The number of hydrogen-bond acceptors (Lipinski definition) is 3. The summed E-state index contributed by atoms with van der Waals surface area (Å²) in [5.41, 5.74) is 4.87. The molecule has 1 aromatic heterocycles. The number of thiazole rings is 1. The van der Waals surface area contributed by atoms with Crippen LogP contribution in [0, 0.1) is 20.8 Å². The van der Waals surface area contributed by atoms with E-state index in [1.165, 1.54) is 21.6 Å². The molecule has 0 N–H and O–H groups in total. The van der Waals surface area contributed by atoms with Gasteiger partial charge in [-0.25, -0.2) is 4.98 Å². The maximum Gasteiger partial charge on any atom is 0.124 e. The molecule has 0 spiro atoms. The van der Waals surface area contributed by atoms with E-state index in [1.807, 2.05) is 6.92 Å². The summed E-state index contributed by atoms with van der Waals surface area (Å²) in [4.78, 5) is 5.84. The molecular formula is C14H17NOS. The van der Waals surface area contributed by atoms with Gasteiger partial charge in [0, 0.05) is 12.7 Å². The second-order valence-corrected chi connectivity index (χ2v) is 5.36. The lowest BCUT2D eigenvalue weighted by molar-refractivity contribution is 0.187. The van der Waals surface area contributed by atoms with Crippen molar-refractivity contribution in [3.05, 3.63) is 39.9 Å². The molecule has 1 heterocycles. The maximum atomic E-state index is 5.18. The quantitative estimate of drug-likeness (QED) is 0.821. The highest BCUT2D eigenvalue weighted by atomic mass is 32.1. The van der Waals surface area contributed by atoms with Gasteiger partial charge < -0.3 is 4.74 Å². The fourth-order valence-electron chi connectivity index (χ4n) is 1.86. The maximum absolute atomic E-state index is 5.18. The van der Waals surface area contributed by atoms with Crippen LogP contribution in [0.3, 0.4) is 0 Å². The van der Waals surface area contributed by atoms with Gasteiger partial charge in [0.15, 0.2) is 0 Å². The van der Waals surface area contributed by atoms with Crippen molar-refractivity contribution >= 4 is 11.3 Å². The van der Waals surface area contributed by atoms with Gasteiger partial charge in [-0.15, -0.1) is 11.3 Å². The first-order chi connectivity index (χ1) is 8.11. The fourth-order valence-corrected chi connectivity index (χ4v) is 2.99. The largest absolute Gasteiger partial charge is 0.379 e. The Bertz CT molecular complexity index is 531. The molecule has 2 aromatic rings. The highest BCUT2D eigenvalue weighted by Gasteiger charge is 2.10. The first kappa shape index (κ1) is 12.3. The normalized spacial score (nSPS) is 10.8.